The lowest BCUT2D eigenvalue weighted by atomic mass is 10.2. The lowest BCUT2D eigenvalue weighted by Crippen LogP contribution is -2.07. The fourth-order valence-corrected chi connectivity index (χ4v) is 2.33. The highest BCUT2D eigenvalue weighted by molar-refractivity contribution is 7.71. The van der Waals surface area contributed by atoms with Crippen LogP contribution in [0.3, 0.4) is 0 Å². The van der Waals surface area contributed by atoms with Gasteiger partial charge in [-0.1, -0.05) is 23.7 Å². The molecule has 0 atom stereocenters. The van der Waals surface area contributed by atoms with Gasteiger partial charge in [0.05, 0.1) is 11.9 Å². The van der Waals surface area contributed by atoms with E-state index in [4.69, 9.17) is 23.8 Å². The van der Waals surface area contributed by atoms with Crippen LogP contribution in [-0.4, -0.2) is 30.9 Å². The van der Waals surface area contributed by atoms with E-state index in [-0.39, 0.29) is 0 Å². The highest BCUT2D eigenvalue weighted by Gasteiger charge is 2.11. The third kappa shape index (κ3) is 2.86. The summed E-state index contributed by atoms with van der Waals surface area (Å²) in [7, 11) is 0. The van der Waals surface area contributed by atoms with Gasteiger partial charge in [0.15, 0.2) is 0 Å². The van der Waals surface area contributed by atoms with Crippen molar-refractivity contribution in [2.75, 3.05) is 0 Å². The summed E-state index contributed by atoms with van der Waals surface area (Å²) in [6.07, 6.45) is 1.69. The van der Waals surface area contributed by atoms with Crippen LogP contribution in [0.1, 0.15) is 17.0 Å². The third-order valence-electron chi connectivity index (χ3n) is 3.02. The first-order valence-electron chi connectivity index (χ1n) is 6.55. The molecule has 1 N–H and O–H groups in total. The molecule has 0 radical (unpaired) electrons. The predicted molar refractivity (Wildman–Crippen MR) is 88.5 cm³/mol. The first-order chi connectivity index (χ1) is 10.5. The second kappa shape index (κ2) is 5.86. The Morgan fingerprint density at radius 2 is 2.00 bits per heavy atom. The minimum absolute atomic E-state index is 0.396. The first kappa shape index (κ1) is 14.7. The number of nitrogens with zero attached hydrogens (tertiary/aromatic N) is 5. The zero-order valence-electron chi connectivity index (χ0n) is 12.0. The maximum Gasteiger partial charge on any atom is 0.271 e. The zero-order valence-corrected chi connectivity index (χ0v) is 13.6. The van der Waals surface area contributed by atoms with Gasteiger partial charge in [-0.05, 0) is 49.8 Å². The average molecular weight is 333 g/mol. The molecule has 6 nitrogen and oxygen atoms in total. The van der Waals surface area contributed by atoms with Gasteiger partial charge in [0.2, 0.25) is 4.77 Å². The van der Waals surface area contributed by atoms with E-state index in [0.29, 0.717) is 15.7 Å². The van der Waals surface area contributed by atoms with Crippen molar-refractivity contribution in [3.63, 3.8) is 0 Å². The number of benzene rings is 1. The van der Waals surface area contributed by atoms with Crippen LogP contribution in [0.2, 0.25) is 5.02 Å². The first-order valence-corrected chi connectivity index (χ1v) is 7.34. The quantitative estimate of drug-likeness (QED) is 0.591. The molecule has 2 heterocycles. The molecule has 1 aromatic carbocycles. The lowest BCUT2D eigenvalue weighted by molar-refractivity contribution is 0.714. The monoisotopic (exact) mass is 332 g/mol. The highest BCUT2D eigenvalue weighted by atomic mass is 35.5. The number of aromatic nitrogens is 5. The van der Waals surface area contributed by atoms with E-state index >= 15 is 0 Å². The topological polar surface area (TPSA) is 63.8 Å². The van der Waals surface area contributed by atoms with Crippen LogP contribution in [0, 0.1) is 18.6 Å². The summed E-state index contributed by atoms with van der Waals surface area (Å²) in [5.41, 5.74) is 2.76. The standard InChI is InChI=1S/C14H13ClN6S/c1-9-7-10(2)20(19-9)13-17-18-14(22)21(13)16-8-11-3-5-12(15)6-4-11/h3-8H,1-2H3,(H,18,22)/b16-8-. The largest absolute Gasteiger partial charge is 0.271 e. The summed E-state index contributed by atoms with van der Waals surface area (Å²) >= 11 is 11.1. The van der Waals surface area contributed by atoms with Crippen LogP contribution in [-0.2, 0) is 0 Å². The minimum atomic E-state index is 0.396. The highest BCUT2D eigenvalue weighted by Crippen LogP contribution is 2.11. The van der Waals surface area contributed by atoms with E-state index < -0.39 is 0 Å². The number of rotatable bonds is 3. The number of hydrogen-bond acceptors (Lipinski definition) is 4. The van der Waals surface area contributed by atoms with Gasteiger partial charge in [-0.2, -0.15) is 14.9 Å². The predicted octanol–water partition coefficient (Wildman–Crippen LogP) is 3.28. The molecule has 2 aromatic heterocycles. The molecule has 0 aliphatic carbocycles. The van der Waals surface area contributed by atoms with Gasteiger partial charge < -0.3 is 0 Å². The van der Waals surface area contributed by atoms with Gasteiger partial charge in [0, 0.05) is 10.7 Å². The Kier molecular flexibility index (Phi) is 3.91. The summed E-state index contributed by atoms with van der Waals surface area (Å²) in [6, 6.07) is 9.32. The maximum atomic E-state index is 5.87. The van der Waals surface area contributed by atoms with Crippen LogP contribution in [0.15, 0.2) is 35.4 Å². The fraction of sp³-hybridized carbons (Fsp3) is 0.143. The van der Waals surface area contributed by atoms with Crippen molar-refractivity contribution in [2.24, 2.45) is 5.10 Å². The summed E-state index contributed by atoms with van der Waals surface area (Å²) in [4.78, 5) is 0. The molecule has 3 aromatic rings. The van der Waals surface area contributed by atoms with Crippen molar-refractivity contribution in [1.82, 2.24) is 24.7 Å². The summed E-state index contributed by atoms with van der Waals surface area (Å²) in [6.45, 7) is 3.87. The van der Waals surface area contributed by atoms with Gasteiger partial charge in [0.1, 0.15) is 0 Å². The molecule has 22 heavy (non-hydrogen) atoms. The molecule has 0 fully saturated rings. The van der Waals surface area contributed by atoms with Gasteiger partial charge in [-0.15, -0.1) is 5.10 Å². The van der Waals surface area contributed by atoms with Crippen molar-refractivity contribution < 1.29 is 0 Å². The molecule has 0 amide bonds. The van der Waals surface area contributed by atoms with Crippen LogP contribution >= 0.6 is 23.8 Å². The number of hydrogen-bond donors (Lipinski definition) is 1. The van der Waals surface area contributed by atoms with Crippen LogP contribution in [0.25, 0.3) is 5.95 Å². The second-order valence-electron chi connectivity index (χ2n) is 4.78. The molecule has 0 saturated carbocycles. The summed E-state index contributed by atoms with van der Waals surface area (Å²) < 4.78 is 3.62. The van der Waals surface area contributed by atoms with Crippen LogP contribution in [0.5, 0.6) is 0 Å². The number of H-pyrrole nitrogens is 1. The smallest absolute Gasteiger partial charge is 0.248 e. The van der Waals surface area contributed by atoms with Crippen molar-refractivity contribution >= 4 is 30.0 Å². The van der Waals surface area contributed by atoms with E-state index in [0.717, 1.165) is 17.0 Å². The van der Waals surface area contributed by atoms with E-state index in [9.17, 15) is 0 Å². The Hall–Kier alpha value is -2.25. The molecule has 0 saturated heterocycles. The van der Waals surface area contributed by atoms with Crippen molar-refractivity contribution in [3.05, 3.63) is 57.1 Å². The second-order valence-corrected chi connectivity index (χ2v) is 5.60. The molecular formula is C14H13ClN6S. The Bertz CT molecular complexity index is 887. The molecule has 0 aliphatic rings. The minimum Gasteiger partial charge on any atom is -0.248 e. The number of halogens is 1. The Balaban J connectivity index is 2.01. The molecule has 112 valence electrons. The molecule has 0 bridgehead atoms. The van der Waals surface area contributed by atoms with E-state index in [2.05, 4.69) is 20.4 Å². The third-order valence-corrected chi connectivity index (χ3v) is 3.54. The fourth-order valence-electron chi connectivity index (χ4n) is 2.03. The lowest BCUT2D eigenvalue weighted by Gasteiger charge is -2.02. The normalized spacial score (nSPS) is 11.4. The molecule has 8 heteroatoms. The van der Waals surface area contributed by atoms with Gasteiger partial charge in [0.25, 0.3) is 5.95 Å². The molecule has 0 aliphatic heterocycles. The maximum absolute atomic E-state index is 5.87. The zero-order chi connectivity index (χ0) is 15.7. The van der Waals surface area contributed by atoms with Crippen molar-refractivity contribution in [1.29, 1.82) is 0 Å². The summed E-state index contributed by atoms with van der Waals surface area (Å²) in [5.74, 6) is 0.515. The van der Waals surface area contributed by atoms with Gasteiger partial charge in [-0.25, -0.2) is 9.78 Å². The summed E-state index contributed by atoms with van der Waals surface area (Å²) in [5, 5.41) is 16.4. The van der Waals surface area contributed by atoms with E-state index in [1.54, 1.807) is 23.0 Å². The number of nitrogens with one attached hydrogen (secondary N) is 1. The Morgan fingerprint density at radius 1 is 1.27 bits per heavy atom. The molecule has 0 spiro atoms. The number of aryl methyl sites for hydroxylation is 2. The Morgan fingerprint density at radius 3 is 2.64 bits per heavy atom. The molecule has 0 unspecified atom stereocenters. The SMILES string of the molecule is Cc1cc(C)n(-c2n[nH]c(=S)n2/N=C\c2ccc(Cl)cc2)n1. The van der Waals surface area contributed by atoms with Crippen molar-refractivity contribution in [2.45, 2.75) is 13.8 Å². The number of aromatic amines is 1. The average Bonchev–Trinajstić information content (AvgIpc) is 3.00. The Labute approximate surface area is 137 Å². The molecular weight excluding hydrogens is 320 g/mol. The van der Waals surface area contributed by atoms with Gasteiger partial charge in [-0.3, -0.25) is 0 Å². The van der Waals surface area contributed by atoms with Crippen LogP contribution < -0.4 is 0 Å². The van der Waals surface area contributed by atoms with Crippen molar-refractivity contribution in [3.8, 4) is 5.95 Å². The van der Waals surface area contributed by atoms with Crippen LogP contribution in [0.4, 0.5) is 0 Å². The molecule has 3 rings (SSSR count). The van der Waals surface area contributed by atoms with Gasteiger partial charge >= 0.3 is 0 Å². The van der Waals surface area contributed by atoms with E-state index in [1.165, 1.54) is 4.68 Å². The van der Waals surface area contributed by atoms with E-state index in [1.807, 2.05) is 32.0 Å².